The molecular weight excluding hydrogens is 358 g/mol. The van der Waals surface area contributed by atoms with E-state index in [4.69, 9.17) is 0 Å². The Hall–Kier alpha value is -2.86. The van der Waals surface area contributed by atoms with Gasteiger partial charge in [0, 0.05) is 5.69 Å². The summed E-state index contributed by atoms with van der Waals surface area (Å²) in [5.41, 5.74) is 4.87. The molecule has 0 saturated heterocycles. The number of anilines is 3. The van der Waals surface area contributed by atoms with Gasteiger partial charge in [0.2, 0.25) is 0 Å². The molecule has 3 rings (SSSR count). The van der Waals surface area contributed by atoms with E-state index in [9.17, 15) is 8.42 Å². The van der Waals surface area contributed by atoms with E-state index in [1.165, 1.54) is 17.3 Å². The molecule has 2 aromatic carbocycles. The molecule has 0 amide bonds. The van der Waals surface area contributed by atoms with Crippen molar-refractivity contribution in [1.82, 2.24) is 4.98 Å². The number of hydrogen-bond donors (Lipinski definition) is 2. The number of rotatable bonds is 6. The Morgan fingerprint density at radius 3 is 2.19 bits per heavy atom. The van der Waals surface area contributed by atoms with Gasteiger partial charge < -0.3 is 5.32 Å². The summed E-state index contributed by atoms with van der Waals surface area (Å²) in [6.45, 7) is 6.15. The number of benzene rings is 2. The van der Waals surface area contributed by atoms with Crippen LogP contribution in [0.15, 0.2) is 65.7 Å². The van der Waals surface area contributed by atoms with E-state index < -0.39 is 10.0 Å². The van der Waals surface area contributed by atoms with Gasteiger partial charge in [-0.15, -0.1) is 0 Å². The fourth-order valence-electron chi connectivity index (χ4n) is 2.61. The lowest BCUT2D eigenvalue weighted by Crippen LogP contribution is -2.13. The van der Waals surface area contributed by atoms with Crippen LogP contribution in [0.25, 0.3) is 0 Å². The fourth-order valence-corrected chi connectivity index (χ4v) is 3.66. The van der Waals surface area contributed by atoms with Gasteiger partial charge in [0.15, 0.2) is 0 Å². The predicted octanol–water partition coefficient (Wildman–Crippen LogP) is 4.81. The number of nitrogens with one attached hydrogen (secondary N) is 2. The molecule has 0 saturated carbocycles. The minimum absolute atomic E-state index is 0.233. The molecule has 0 radical (unpaired) electrons. The van der Waals surface area contributed by atoms with Crippen LogP contribution in [0.1, 0.15) is 23.6 Å². The minimum Gasteiger partial charge on any atom is -0.340 e. The molecule has 0 spiro atoms. The van der Waals surface area contributed by atoms with Crippen LogP contribution < -0.4 is 10.0 Å². The number of aryl methyl sites for hydroxylation is 3. The summed E-state index contributed by atoms with van der Waals surface area (Å²) in [5, 5.41) is 3.22. The van der Waals surface area contributed by atoms with E-state index in [-0.39, 0.29) is 4.90 Å². The predicted molar refractivity (Wildman–Crippen MR) is 110 cm³/mol. The molecule has 0 fully saturated rings. The van der Waals surface area contributed by atoms with Crippen LogP contribution in [-0.2, 0) is 16.4 Å². The van der Waals surface area contributed by atoms with Crippen LogP contribution in [-0.4, -0.2) is 13.4 Å². The zero-order valence-corrected chi connectivity index (χ0v) is 16.5. The molecule has 0 aliphatic heterocycles. The van der Waals surface area contributed by atoms with Gasteiger partial charge in [-0.2, -0.15) is 0 Å². The van der Waals surface area contributed by atoms with Crippen LogP contribution in [0, 0.1) is 13.8 Å². The number of nitrogens with zero attached hydrogens (tertiary/aromatic N) is 1. The highest BCUT2D eigenvalue weighted by atomic mass is 32.2. The van der Waals surface area contributed by atoms with E-state index in [1.54, 1.807) is 24.3 Å². The van der Waals surface area contributed by atoms with Crippen molar-refractivity contribution in [3.63, 3.8) is 0 Å². The molecule has 6 heteroatoms. The highest BCUT2D eigenvalue weighted by Crippen LogP contribution is 2.21. The monoisotopic (exact) mass is 381 g/mol. The van der Waals surface area contributed by atoms with Gasteiger partial charge in [0.05, 0.1) is 16.8 Å². The summed E-state index contributed by atoms with van der Waals surface area (Å²) in [4.78, 5) is 4.53. The quantitative estimate of drug-likeness (QED) is 0.643. The second-order valence-electron chi connectivity index (χ2n) is 6.46. The Labute approximate surface area is 160 Å². The molecule has 1 heterocycles. The maximum Gasteiger partial charge on any atom is 0.261 e. The lowest BCUT2D eigenvalue weighted by atomic mass is 10.1. The molecule has 0 unspecified atom stereocenters. The van der Waals surface area contributed by atoms with Crippen molar-refractivity contribution in [2.45, 2.75) is 32.1 Å². The first kappa shape index (κ1) is 18.9. The van der Waals surface area contributed by atoms with Crippen molar-refractivity contribution < 1.29 is 8.42 Å². The summed E-state index contributed by atoms with van der Waals surface area (Å²) in [6, 6.07) is 16.4. The molecule has 0 atom stereocenters. The normalized spacial score (nSPS) is 11.2. The second kappa shape index (κ2) is 7.80. The molecule has 0 aliphatic rings. The fraction of sp³-hybridized carbons (Fsp3) is 0.190. The minimum atomic E-state index is -3.63. The highest BCUT2D eigenvalue weighted by Gasteiger charge is 2.14. The number of hydrogen-bond acceptors (Lipinski definition) is 4. The highest BCUT2D eigenvalue weighted by molar-refractivity contribution is 7.92. The molecule has 5 nitrogen and oxygen atoms in total. The maximum atomic E-state index is 12.5. The lowest BCUT2D eigenvalue weighted by molar-refractivity contribution is 0.601. The van der Waals surface area contributed by atoms with Crippen molar-refractivity contribution in [3.8, 4) is 0 Å². The van der Waals surface area contributed by atoms with E-state index in [0.29, 0.717) is 11.5 Å². The number of aromatic nitrogens is 1. The number of pyridine rings is 1. The lowest BCUT2D eigenvalue weighted by Gasteiger charge is -2.10. The van der Waals surface area contributed by atoms with Gasteiger partial charge >= 0.3 is 0 Å². The van der Waals surface area contributed by atoms with Gasteiger partial charge in [-0.3, -0.25) is 4.72 Å². The van der Waals surface area contributed by atoms with Crippen molar-refractivity contribution in [1.29, 1.82) is 0 Å². The van der Waals surface area contributed by atoms with Crippen LogP contribution in [0.2, 0.25) is 0 Å². The Kier molecular flexibility index (Phi) is 5.46. The second-order valence-corrected chi connectivity index (χ2v) is 8.14. The average molecular weight is 382 g/mol. The molecule has 1 aromatic heterocycles. The SMILES string of the molecule is CCc1ccc(S(=O)(=O)Nc2ccc(Nc3ccc(C)c(C)c3)nc2)cc1. The zero-order valence-electron chi connectivity index (χ0n) is 15.7. The summed E-state index contributed by atoms with van der Waals surface area (Å²) in [7, 11) is -3.63. The standard InChI is InChI=1S/C21H23N3O2S/c1-4-17-6-10-20(11-7-17)27(25,26)24-19-9-12-21(22-14-19)23-18-8-5-15(2)16(3)13-18/h5-14,24H,4H2,1-3H3,(H,22,23). The van der Waals surface area contributed by atoms with Crippen molar-refractivity contribution in [2.24, 2.45) is 0 Å². The third-order valence-electron chi connectivity index (χ3n) is 4.44. The molecule has 2 N–H and O–H groups in total. The summed E-state index contributed by atoms with van der Waals surface area (Å²) < 4.78 is 27.5. The van der Waals surface area contributed by atoms with Crippen LogP contribution in [0.5, 0.6) is 0 Å². The molecule has 0 aliphatic carbocycles. The van der Waals surface area contributed by atoms with E-state index in [1.807, 2.05) is 37.3 Å². The molecule has 140 valence electrons. The molecule has 0 bridgehead atoms. The van der Waals surface area contributed by atoms with E-state index >= 15 is 0 Å². The Morgan fingerprint density at radius 1 is 0.889 bits per heavy atom. The van der Waals surface area contributed by atoms with Crippen LogP contribution >= 0.6 is 0 Å². The van der Waals surface area contributed by atoms with Gasteiger partial charge in [-0.1, -0.05) is 25.1 Å². The van der Waals surface area contributed by atoms with Crippen LogP contribution in [0.4, 0.5) is 17.2 Å². The Balaban J connectivity index is 1.71. The van der Waals surface area contributed by atoms with Crippen LogP contribution in [0.3, 0.4) is 0 Å². The summed E-state index contributed by atoms with van der Waals surface area (Å²) in [6.07, 6.45) is 2.37. The molecular formula is C21H23N3O2S. The van der Waals surface area contributed by atoms with Gasteiger partial charge in [0.1, 0.15) is 5.82 Å². The third-order valence-corrected chi connectivity index (χ3v) is 5.83. The van der Waals surface area contributed by atoms with Gasteiger partial charge in [-0.25, -0.2) is 13.4 Å². The molecule has 27 heavy (non-hydrogen) atoms. The van der Waals surface area contributed by atoms with E-state index in [2.05, 4.69) is 28.9 Å². The van der Waals surface area contributed by atoms with Gasteiger partial charge in [-0.05, 0) is 73.4 Å². The zero-order chi connectivity index (χ0) is 19.4. The van der Waals surface area contributed by atoms with Crippen molar-refractivity contribution >= 4 is 27.2 Å². The third kappa shape index (κ3) is 4.65. The summed E-state index contributed by atoms with van der Waals surface area (Å²) >= 11 is 0. The smallest absolute Gasteiger partial charge is 0.261 e. The summed E-state index contributed by atoms with van der Waals surface area (Å²) in [5.74, 6) is 0.647. The maximum absolute atomic E-state index is 12.5. The van der Waals surface area contributed by atoms with E-state index in [0.717, 1.165) is 17.7 Å². The first-order valence-corrected chi connectivity index (χ1v) is 10.3. The topological polar surface area (TPSA) is 71.1 Å². The first-order chi connectivity index (χ1) is 12.9. The Bertz CT molecular complexity index is 1030. The van der Waals surface area contributed by atoms with Crippen molar-refractivity contribution in [3.05, 3.63) is 77.5 Å². The van der Waals surface area contributed by atoms with Crippen molar-refractivity contribution in [2.75, 3.05) is 10.0 Å². The first-order valence-electron chi connectivity index (χ1n) is 8.79. The molecule has 3 aromatic rings. The average Bonchev–Trinajstić information content (AvgIpc) is 2.66. The van der Waals surface area contributed by atoms with Gasteiger partial charge in [0.25, 0.3) is 10.0 Å². The Morgan fingerprint density at radius 2 is 1.59 bits per heavy atom. The largest absolute Gasteiger partial charge is 0.340 e. The number of sulfonamides is 1.